The number of aryl methyl sites for hydroxylation is 1. The Bertz CT molecular complexity index is 637. The molecule has 0 unspecified atom stereocenters. The Morgan fingerprint density at radius 3 is 2.95 bits per heavy atom. The van der Waals surface area contributed by atoms with Crippen molar-refractivity contribution in [3.8, 4) is 0 Å². The van der Waals surface area contributed by atoms with Gasteiger partial charge in [0.25, 0.3) is 0 Å². The molecule has 0 bridgehead atoms. The summed E-state index contributed by atoms with van der Waals surface area (Å²) in [4.78, 5) is 11.6. The second-order valence-electron chi connectivity index (χ2n) is 3.92. The Hall–Kier alpha value is -2.14. The minimum atomic E-state index is -0.489. The van der Waals surface area contributed by atoms with Crippen LogP contribution in [0.4, 0.5) is 10.2 Å². The molecule has 1 heterocycles. The Balaban J connectivity index is 2.04. The molecule has 0 aliphatic carbocycles. The number of halogens is 2. The van der Waals surface area contributed by atoms with Crippen molar-refractivity contribution in [1.29, 1.82) is 0 Å². The van der Waals surface area contributed by atoms with Gasteiger partial charge in [0.2, 0.25) is 5.91 Å². The van der Waals surface area contributed by atoms with Crippen LogP contribution in [0.1, 0.15) is 11.1 Å². The molecule has 0 aliphatic heterocycles. The molecule has 98 valence electrons. The third kappa shape index (κ3) is 3.42. The molecule has 0 radical (unpaired) electrons. The lowest BCUT2D eigenvalue weighted by Gasteiger charge is -1.99. The Labute approximate surface area is 114 Å². The zero-order chi connectivity index (χ0) is 13.8. The van der Waals surface area contributed by atoms with Crippen molar-refractivity contribution in [2.45, 2.75) is 6.92 Å². The lowest BCUT2D eigenvalue weighted by Crippen LogP contribution is -2.08. The molecule has 1 amide bonds. The molecule has 0 saturated carbocycles. The quantitative estimate of drug-likeness (QED) is 0.848. The molecule has 0 saturated heterocycles. The number of aromatic amines is 1. The number of anilines is 1. The summed E-state index contributed by atoms with van der Waals surface area (Å²) in [6, 6.07) is 4.23. The first-order valence-corrected chi connectivity index (χ1v) is 5.88. The molecule has 0 spiro atoms. The number of hydrogen-bond donors (Lipinski definition) is 2. The van der Waals surface area contributed by atoms with Crippen LogP contribution in [0.25, 0.3) is 6.08 Å². The highest BCUT2D eigenvalue weighted by Gasteiger charge is 2.03. The van der Waals surface area contributed by atoms with E-state index in [1.807, 2.05) is 6.92 Å². The fourth-order valence-corrected chi connectivity index (χ4v) is 1.61. The van der Waals surface area contributed by atoms with E-state index in [1.165, 1.54) is 24.3 Å². The molecule has 4 nitrogen and oxygen atoms in total. The predicted octanol–water partition coefficient (Wildman–Crippen LogP) is 3.16. The van der Waals surface area contributed by atoms with E-state index in [4.69, 9.17) is 11.6 Å². The standard InChI is InChI=1S/C13H11ClFN3O/c1-8-7-16-18-13(8)17-12(19)5-3-9-2-4-11(15)10(14)6-9/h2-7H,1H3,(H2,16,17,18,19)/b5-3+. The minimum Gasteiger partial charge on any atom is -0.307 e. The Kier molecular flexibility index (Phi) is 3.97. The number of nitrogens with one attached hydrogen (secondary N) is 2. The monoisotopic (exact) mass is 279 g/mol. The van der Waals surface area contributed by atoms with E-state index in [-0.39, 0.29) is 10.9 Å². The summed E-state index contributed by atoms with van der Waals surface area (Å²) in [5.74, 6) is -0.254. The molecule has 2 aromatic rings. The molecular formula is C13H11ClFN3O. The number of H-pyrrole nitrogens is 1. The average molecular weight is 280 g/mol. The number of nitrogens with zero attached hydrogens (tertiary/aromatic N) is 1. The predicted molar refractivity (Wildman–Crippen MR) is 72.4 cm³/mol. The van der Waals surface area contributed by atoms with Gasteiger partial charge in [0.1, 0.15) is 11.6 Å². The SMILES string of the molecule is Cc1cn[nH]c1NC(=O)/C=C/c1ccc(F)c(Cl)c1. The first kappa shape index (κ1) is 13.3. The molecule has 1 aromatic heterocycles. The van der Waals surface area contributed by atoms with E-state index in [0.717, 1.165) is 5.56 Å². The summed E-state index contributed by atoms with van der Waals surface area (Å²) in [5, 5.41) is 9.11. The van der Waals surface area contributed by atoms with Crippen LogP contribution in [0.15, 0.2) is 30.5 Å². The number of carbonyl (C=O) groups excluding carboxylic acids is 1. The van der Waals surface area contributed by atoms with Crippen molar-refractivity contribution in [1.82, 2.24) is 10.2 Å². The van der Waals surface area contributed by atoms with Gasteiger partial charge in [-0.1, -0.05) is 17.7 Å². The topological polar surface area (TPSA) is 57.8 Å². The summed E-state index contributed by atoms with van der Waals surface area (Å²) >= 11 is 5.64. The van der Waals surface area contributed by atoms with Crippen LogP contribution < -0.4 is 5.32 Å². The molecule has 1 aromatic carbocycles. The summed E-state index contributed by atoms with van der Waals surface area (Å²) in [6.07, 6.45) is 4.50. The van der Waals surface area contributed by atoms with E-state index in [2.05, 4.69) is 15.5 Å². The fourth-order valence-electron chi connectivity index (χ4n) is 1.43. The number of rotatable bonds is 3. The van der Waals surface area contributed by atoms with Crippen LogP contribution in [0, 0.1) is 12.7 Å². The zero-order valence-electron chi connectivity index (χ0n) is 10.1. The Morgan fingerprint density at radius 2 is 2.32 bits per heavy atom. The smallest absolute Gasteiger partial charge is 0.249 e. The van der Waals surface area contributed by atoms with Crippen LogP contribution in [-0.4, -0.2) is 16.1 Å². The van der Waals surface area contributed by atoms with Crippen molar-refractivity contribution >= 4 is 29.4 Å². The van der Waals surface area contributed by atoms with Crippen molar-refractivity contribution < 1.29 is 9.18 Å². The normalized spacial score (nSPS) is 10.9. The molecule has 6 heteroatoms. The number of benzene rings is 1. The van der Waals surface area contributed by atoms with Gasteiger partial charge in [0.15, 0.2) is 0 Å². The average Bonchev–Trinajstić information content (AvgIpc) is 2.77. The van der Waals surface area contributed by atoms with Crippen LogP contribution in [0.2, 0.25) is 5.02 Å². The highest BCUT2D eigenvalue weighted by Crippen LogP contribution is 2.17. The van der Waals surface area contributed by atoms with Gasteiger partial charge >= 0.3 is 0 Å². The van der Waals surface area contributed by atoms with Crippen molar-refractivity contribution in [3.05, 3.63) is 52.4 Å². The van der Waals surface area contributed by atoms with Gasteiger partial charge in [-0.2, -0.15) is 5.10 Å². The molecule has 2 rings (SSSR count). The molecule has 2 N–H and O–H groups in total. The van der Waals surface area contributed by atoms with E-state index < -0.39 is 5.82 Å². The summed E-state index contributed by atoms with van der Waals surface area (Å²) in [5.41, 5.74) is 1.48. The molecular weight excluding hydrogens is 269 g/mol. The van der Waals surface area contributed by atoms with E-state index in [9.17, 15) is 9.18 Å². The minimum absolute atomic E-state index is 0.0203. The van der Waals surface area contributed by atoms with Gasteiger partial charge in [-0.3, -0.25) is 9.89 Å². The van der Waals surface area contributed by atoms with Crippen LogP contribution in [0.3, 0.4) is 0 Å². The second kappa shape index (κ2) is 5.67. The molecule has 0 atom stereocenters. The van der Waals surface area contributed by atoms with Crippen LogP contribution >= 0.6 is 11.6 Å². The lowest BCUT2D eigenvalue weighted by atomic mass is 10.2. The highest BCUT2D eigenvalue weighted by molar-refractivity contribution is 6.30. The first-order valence-electron chi connectivity index (χ1n) is 5.50. The van der Waals surface area contributed by atoms with Gasteiger partial charge in [-0.15, -0.1) is 0 Å². The third-order valence-electron chi connectivity index (χ3n) is 2.45. The van der Waals surface area contributed by atoms with Crippen LogP contribution in [0.5, 0.6) is 0 Å². The van der Waals surface area contributed by atoms with Gasteiger partial charge in [0.05, 0.1) is 11.2 Å². The second-order valence-corrected chi connectivity index (χ2v) is 4.33. The van der Waals surface area contributed by atoms with Crippen LogP contribution in [-0.2, 0) is 4.79 Å². The number of hydrogen-bond acceptors (Lipinski definition) is 2. The molecule has 0 aliphatic rings. The van der Waals surface area contributed by atoms with E-state index in [0.29, 0.717) is 11.4 Å². The van der Waals surface area contributed by atoms with Crippen molar-refractivity contribution in [3.63, 3.8) is 0 Å². The maximum Gasteiger partial charge on any atom is 0.249 e. The maximum atomic E-state index is 12.9. The number of amides is 1. The van der Waals surface area contributed by atoms with E-state index in [1.54, 1.807) is 12.3 Å². The largest absolute Gasteiger partial charge is 0.307 e. The highest BCUT2D eigenvalue weighted by atomic mass is 35.5. The fraction of sp³-hybridized carbons (Fsp3) is 0.0769. The van der Waals surface area contributed by atoms with E-state index >= 15 is 0 Å². The van der Waals surface area contributed by atoms with Gasteiger partial charge in [-0.05, 0) is 30.7 Å². The lowest BCUT2D eigenvalue weighted by molar-refractivity contribution is -0.111. The summed E-state index contributed by atoms with van der Waals surface area (Å²) < 4.78 is 12.9. The summed E-state index contributed by atoms with van der Waals surface area (Å²) in [7, 11) is 0. The van der Waals surface area contributed by atoms with Gasteiger partial charge in [-0.25, -0.2) is 4.39 Å². The van der Waals surface area contributed by atoms with Crippen molar-refractivity contribution in [2.75, 3.05) is 5.32 Å². The maximum absolute atomic E-state index is 12.9. The van der Waals surface area contributed by atoms with Crippen molar-refractivity contribution in [2.24, 2.45) is 0 Å². The zero-order valence-corrected chi connectivity index (χ0v) is 10.8. The number of carbonyl (C=O) groups is 1. The third-order valence-corrected chi connectivity index (χ3v) is 2.74. The van der Waals surface area contributed by atoms with Gasteiger partial charge < -0.3 is 5.32 Å². The molecule has 0 fully saturated rings. The summed E-state index contributed by atoms with van der Waals surface area (Å²) in [6.45, 7) is 1.82. The Morgan fingerprint density at radius 1 is 1.53 bits per heavy atom. The van der Waals surface area contributed by atoms with Gasteiger partial charge in [0, 0.05) is 11.6 Å². The first-order chi connectivity index (χ1) is 9.06. The number of aromatic nitrogens is 2. The molecule has 19 heavy (non-hydrogen) atoms.